The van der Waals surface area contributed by atoms with Gasteiger partial charge in [0, 0.05) is 0 Å². The Morgan fingerprint density at radius 3 is 2.79 bits per heavy atom. The maximum Gasteiger partial charge on any atom is 0.341 e. The first-order valence-corrected chi connectivity index (χ1v) is 4.16. The zero-order chi connectivity index (χ0) is 10.7. The summed E-state index contributed by atoms with van der Waals surface area (Å²) in [5, 5.41) is 8.81. The number of carboxylic acid groups (broad SMARTS) is 1. The fraction of sp³-hybridized carbons (Fsp3) is 0.333. The highest BCUT2D eigenvalue weighted by molar-refractivity contribution is 5.91. The van der Waals surface area contributed by atoms with E-state index < -0.39 is 5.97 Å². The van der Waals surface area contributed by atoms with Crippen LogP contribution in [0.25, 0.3) is 0 Å². The second-order valence-corrected chi connectivity index (χ2v) is 2.74. The summed E-state index contributed by atoms with van der Waals surface area (Å²) in [7, 11) is 1.38. The fourth-order valence-electron chi connectivity index (χ4n) is 1.14. The zero-order valence-corrected chi connectivity index (χ0v) is 8.07. The van der Waals surface area contributed by atoms with Crippen molar-refractivity contribution in [3.05, 3.63) is 17.3 Å². The van der Waals surface area contributed by atoms with Crippen molar-refractivity contribution < 1.29 is 14.6 Å². The van der Waals surface area contributed by atoms with Gasteiger partial charge in [0.1, 0.15) is 5.56 Å². The van der Waals surface area contributed by atoms with Crippen LogP contribution in [0.5, 0.6) is 5.88 Å². The first-order valence-electron chi connectivity index (χ1n) is 4.16. The van der Waals surface area contributed by atoms with Crippen LogP contribution in [0.2, 0.25) is 0 Å². The second-order valence-electron chi connectivity index (χ2n) is 2.74. The molecule has 14 heavy (non-hydrogen) atoms. The van der Waals surface area contributed by atoms with Crippen molar-refractivity contribution in [3.63, 3.8) is 0 Å². The van der Waals surface area contributed by atoms with Crippen LogP contribution in [0, 0.1) is 0 Å². The van der Waals surface area contributed by atoms with Crippen LogP contribution in [0.3, 0.4) is 0 Å². The Bertz CT molecular complexity index is 363. The molecule has 0 unspecified atom stereocenters. The smallest absolute Gasteiger partial charge is 0.341 e. The molecule has 0 aliphatic rings. The van der Waals surface area contributed by atoms with Crippen molar-refractivity contribution in [1.82, 2.24) is 4.98 Å². The van der Waals surface area contributed by atoms with E-state index in [4.69, 9.17) is 15.6 Å². The van der Waals surface area contributed by atoms with Crippen molar-refractivity contribution in [2.45, 2.75) is 13.3 Å². The van der Waals surface area contributed by atoms with Gasteiger partial charge in [0.2, 0.25) is 5.88 Å². The monoisotopic (exact) mass is 196 g/mol. The molecule has 0 aromatic carbocycles. The first-order chi connectivity index (χ1) is 6.60. The number of methoxy groups -OCH3 is 1. The summed E-state index contributed by atoms with van der Waals surface area (Å²) in [6.07, 6.45) is 0.641. The maximum absolute atomic E-state index is 10.8. The largest absolute Gasteiger partial charge is 0.480 e. The molecule has 0 amide bonds. The van der Waals surface area contributed by atoms with Gasteiger partial charge in [0.25, 0.3) is 0 Å². The quantitative estimate of drug-likeness (QED) is 0.751. The lowest BCUT2D eigenvalue weighted by atomic mass is 10.2. The van der Waals surface area contributed by atoms with Crippen molar-refractivity contribution in [2.24, 2.45) is 0 Å². The van der Waals surface area contributed by atoms with Crippen molar-refractivity contribution in [2.75, 3.05) is 12.8 Å². The van der Waals surface area contributed by atoms with Gasteiger partial charge in [-0.05, 0) is 12.5 Å². The summed E-state index contributed by atoms with van der Waals surface area (Å²) >= 11 is 0. The number of rotatable bonds is 3. The maximum atomic E-state index is 10.8. The Labute approximate surface area is 81.5 Å². The molecule has 0 saturated carbocycles. The van der Waals surface area contributed by atoms with Crippen LogP contribution in [0.4, 0.5) is 5.69 Å². The Morgan fingerprint density at radius 1 is 1.71 bits per heavy atom. The van der Waals surface area contributed by atoms with Crippen LogP contribution in [0.15, 0.2) is 6.07 Å². The Balaban J connectivity index is 3.31. The number of aryl methyl sites for hydroxylation is 1. The van der Waals surface area contributed by atoms with Gasteiger partial charge in [0.15, 0.2) is 0 Å². The minimum atomic E-state index is -1.09. The lowest BCUT2D eigenvalue weighted by molar-refractivity contribution is 0.0692. The number of anilines is 1. The van der Waals surface area contributed by atoms with E-state index in [0.717, 1.165) is 0 Å². The number of nitrogens with zero attached hydrogens (tertiary/aromatic N) is 1. The topological polar surface area (TPSA) is 85.4 Å². The zero-order valence-electron chi connectivity index (χ0n) is 8.07. The molecule has 0 atom stereocenters. The van der Waals surface area contributed by atoms with Crippen molar-refractivity contribution in [1.29, 1.82) is 0 Å². The molecule has 0 aliphatic carbocycles. The highest BCUT2D eigenvalue weighted by Gasteiger charge is 2.14. The van der Waals surface area contributed by atoms with Crippen LogP contribution < -0.4 is 10.5 Å². The van der Waals surface area contributed by atoms with E-state index in [2.05, 4.69) is 4.98 Å². The number of carboxylic acids is 1. The van der Waals surface area contributed by atoms with E-state index in [9.17, 15) is 4.79 Å². The normalized spacial score (nSPS) is 9.86. The summed E-state index contributed by atoms with van der Waals surface area (Å²) in [6, 6.07) is 1.37. The van der Waals surface area contributed by atoms with Crippen LogP contribution in [-0.4, -0.2) is 23.2 Å². The van der Waals surface area contributed by atoms with Crippen molar-refractivity contribution in [3.8, 4) is 5.88 Å². The molecule has 5 heteroatoms. The van der Waals surface area contributed by atoms with Gasteiger partial charge < -0.3 is 15.6 Å². The van der Waals surface area contributed by atoms with E-state index in [1.807, 2.05) is 6.92 Å². The molecule has 0 spiro atoms. The Kier molecular flexibility index (Phi) is 2.91. The molecule has 3 N–H and O–H groups in total. The highest BCUT2D eigenvalue weighted by Crippen LogP contribution is 2.21. The molecular weight excluding hydrogens is 184 g/mol. The average molecular weight is 196 g/mol. The van der Waals surface area contributed by atoms with Gasteiger partial charge >= 0.3 is 5.97 Å². The molecule has 0 saturated heterocycles. The third kappa shape index (κ3) is 1.76. The Hall–Kier alpha value is -1.78. The number of aromatic carboxylic acids is 1. The van der Waals surface area contributed by atoms with E-state index in [1.54, 1.807) is 0 Å². The molecule has 1 aromatic heterocycles. The van der Waals surface area contributed by atoms with Crippen LogP contribution in [0.1, 0.15) is 23.0 Å². The number of aromatic nitrogens is 1. The number of ether oxygens (including phenoxy) is 1. The van der Waals surface area contributed by atoms with Crippen molar-refractivity contribution >= 4 is 11.7 Å². The lowest BCUT2D eigenvalue weighted by Crippen LogP contribution is -2.07. The number of hydrogen-bond acceptors (Lipinski definition) is 4. The third-order valence-electron chi connectivity index (χ3n) is 1.86. The number of carbonyl (C=O) groups is 1. The Morgan fingerprint density at radius 2 is 2.36 bits per heavy atom. The fourth-order valence-corrected chi connectivity index (χ4v) is 1.14. The third-order valence-corrected chi connectivity index (χ3v) is 1.86. The molecule has 76 valence electrons. The van der Waals surface area contributed by atoms with E-state index >= 15 is 0 Å². The second kappa shape index (κ2) is 3.95. The van der Waals surface area contributed by atoms with Gasteiger partial charge in [-0.25, -0.2) is 9.78 Å². The predicted octanol–water partition coefficient (Wildman–Crippen LogP) is 0.933. The standard InChI is InChI=1S/C9H12N2O3/c1-3-7-6(10)4-5(9(12)13)8(11-7)14-2/h4H,3,10H2,1-2H3,(H,12,13). The summed E-state index contributed by atoms with van der Waals surface area (Å²) in [5.74, 6) is -0.993. The lowest BCUT2D eigenvalue weighted by Gasteiger charge is -2.08. The highest BCUT2D eigenvalue weighted by atomic mass is 16.5. The SMILES string of the molecule is CCc1nc(OC)c(C(=O)O)cc1N. The molecule has 0 bridgehead atoms. The summed E-state index contributed by atoms with van der Waals surface area (Å²) in [6.45, 7) is 1.89. The summed E-state index contributed by atoms with van der Waals surface area (Å²) in [5.41, 5.74) is 6.63. The minimum absolute atomic E-state index is 0.0119. The molecule has 1 heterocycles. The molecule has 1 aromatic rings. The first kappa shape index (κ1) is 10.3. The molecular formula is C9H12N2O3. The van der Waals surface area contributed by atoms with Crippen LogP contribution in [-0.2, 0) is 6.42 Å². The minimum Gasteiger partial charge on any atom is -0.480 e. The van der Waals surface area contributed by atoms with Gasteiger partial charge in [0.05, 0.1) is 18.5 Å². The van der Waals surface area contributed by atoms with Crippen LogP contribution >= 0.6 is 0 Å². The average Bonchev–Trinajstić information content (AvgIpc) is 2.17. The molecule has 0 fully saturated rings. The molecule has 5 nitrogen and oxygen atoms in total. The van der Waals surface area contributed by atoms with E-state index in [1.165, 1.54) is 13.2 Å². The molecule has 1 rings (SSSR count). The molecule has 0 radical (unpaired) electrons. The van der Waals surface area contributed by atoms with Gasteiger partial charge in [-0.1, -0.05) is 6.92 Å². The van der Waals surface area contributed by atoms with E-state index in [-0.39, 0.29) is 11.4 Å². The van der Waals surface area contributed by atoms with Gasteiger partial charge in [-0.15, -0.1) is 0 Å². The number of nitrogens with two attached hydrogens (primary N) is 1. The number of hydrogen-bond donors (Lipinski definition) is 2. The predicted molar refractivity (Wildman–Crippen MR) is 51.5 cm³/mol. The van der Waals surface area contributed by atoms with Gasteiger partial charge in [-0.3, -0.25) is 0 Å². The van der Waals surface area contributed by atoms with E-state index in [0.29, 0.717) is 17.8 Å². The summed E-state index contributed by atoms with van der Waals surface area (Å²) < 4.78 is 4.86. The van der Waals surface area contributed by atoms with Gasteiger partial charge in [-0.2, -0.15) is 0 Å². The summed E-state index contributed by atoms with van der Waals surface area (Å²) in [4.78, 5) is 14.8. The number of pyridine rings is 1. The number of nitrogen functional groups attached to an aromatic ring is 1. The molecule has 0 aliphatic heterocycles.